The predicted molar refractivity (Wildman–Crippen MR) is 67.0 cm³/mol. The van der Waals surface area contributed by atoms with Crippen molar-refractivity contribution in [3.8, 4) is 0 Å². The van der Waals surface area contributed by atoms with Crippen LogP contribution < -0.4 is 5.73 Å². The van der Waals surface area contributed by atoms with E-state index < -0.39 is 0 Å². The Morgan fingerprint density at radius 3 is 2.44 bits per heavy atom. The smallest absolute Gasteiger partial charge is 0.225 e. The summed E-state index contributed by atoms with van der Waals surface area (Å²) in [7, 11) is 0. The van der Waals surface area contributed by atoms with Crippen molar-refractivity contribution in [3.05, 3.63) is 0 Å². The van der Waals surface area contributed by atoms with E-state index in [9.17, 15) is 4.79 Å². The first-order valence-corrected chi connectivity index (χ1v) is 6.67. The minimum Gasteiger partial charge on any atom is -0.343 e. The van der Waals surface area contributed by atoms with Gasteiger partial charge in [-0.2, -0.15) is 0 Å². The molecule has 0 heterocycles. The van der Waals surface area contributed by atoms with Crippen molar-refractivity contribution in [1.82, 2.24) is 4.90 Å². The van der Waals surface area contributed by atoms with Crippen molar-refractivity contribution in [1.29, 1.82) is 0 Å². The Kier molecular flexibility index (Phi) is 5.81. The maximum absolute atomic E-state index is 12.2. The highest BCUT2D eigenvalue weighted by Gasteiger charge is 2.27. The molecule has 0 radical (unpaired) electrons. The molecule has 0 aromatic rings. The Hall–Kier alpha value is -0.570. The lowest BCUT2D eigenvalue weighted by atomic mass is 9.82. The molecule has 0 unspecified atom stereocenters. The van der Waals surface area contributed by atoms with Gasteiger partial charge in [0.1, 0.15) is 0 Å². The Bertz CT molecular complexity index is 203. The highest BCUT2D eigenvalue weighted by atomic mass is 16.2. The van der Waals surface area contributed by atoms with Crippen LogP contribution in [0.3, 0.4) is 0 Å². The van der Waals surface area contributed by atoms with Crippen molar-refractivity contribution < 1.29 is 4.79 Å². The largest absolute Gasteiger partial charge is 0.343 e. The molecule has 1 rings (SSSR count). The standard InChI is InChI=1S/C13H26N2O/c1-3-15(10-4-9-14)13(16)12-7-5-11(2)6-8-12/h11-12H,3-10,14H2,1-2H3. The summed E-state index contributed by atoms with van der Waals surface area (Å²) in [5.74, 6) is 1.46. The van der Waals surface area contributed by atoms with E-state index in [0.29, 0.717) is 12.5 Å². The van der Waals surface area contributed by atoms with Crippen LogP contribution in [0.1, 0.15) is 46.0 Å². The van der Waals surface area contributed by atoms with E-state index in [-0.39, 0.29) is 5.92 Å². The van der Waals surface area contributed by atoms with Crippen LogP contribution in [0.5, 0.6) is 0 Å². The molecule has 94 valence electrons. The van der Waals surface area contributed by atoms with Gasteiger partial charge in [-0.15, -0.1) is 0 Å². The van der Waals surface area contributed by atoms with E-state index in [1.165, 1.54) is 12.8 Å². The number of nitrogens with two attached hydrogens (primary N) is 1. The van der Waals surface area contributed by atoms with Gasteiger partial charge < -0.3 is 10.6 Å². The third-order valence-corrected chi connectivity index (χ3v) is 3.69. The van der Waals surface area contributed by atoms with Crippen LogP contribution in [-0.2, 0) is 4.79 Å². The highest BCUT2D eigenvalue weighted by Crippen LogP contribution is 2.29. The molecule has 16 heavy (non-hydrogen) atoms. The van der Waals surface area contributed by atoms with Gasteiger partial charge in [0.25, 0.3) is 0 Å². The fourth-order valence-corrected chi connectivity index (χ4v) is 2.47. The van der Waals surface area contributed by atoms with Crippen LogP contribution in [-0.4, -0.2) is 30.4 Å². The maximum Gasteiger partial charge on any atom is 0.225 e. The summed E-state index contributed by atoms with van der Waals surface area (Å²) in [6.07, 6.45) is 5.51. The first-order chi connectivity index (χ1) is 7.69. The molecule has 0 saturated heterocycles. The number of hydrogen-bond donors (Lipinski definition) is 1. The Balaban J connectivity index is 2.41. The van der Waals surface area contributed by atoms with Crippen molar-refractivity contribution in [2.75, 3.05) is 19.6 Å². The number of amides is 1. The summed E-state index contributed by atoms with van der Waals surface area (Å²) in [6, 6.07) is 0. The van der Waals surface area contributed by atoms with E-state index in [4.69, 9.17) is 5.73 Å². The zero-order valence-electron chi connectivity index (χ0n) is 10.7. The zero-order chi connectivity index (χ0) is 12.0. The highest BCUT2D eigenvalue weighted by molar-refractivity contribution is 5.78. The Morgan fingerprint density at radius 1 is 1.31 bits per heavy atom. The second kappa shape index (κ2) is 6.89. The van der Waals surface area contributed by atoms with Crippen molar-refractivity contribution in [3.63, 3.8) is 0 Å². The molecule has 1 saturated carbocycles. The first kappa shape index (κ1) is 13.5. The molecule has 1 fully saturated rings. The zero-order valence-corrected chi connectivity index (χ0v) is 10.7. The van der Waals surface area contributed by atoms with E-state index in [1.807, 2.05) is 4.90 Å². The summed E-state index contributed by atoms with van der Waals surface area (Å²) in [5.41, 5.74) is 5.49. The number of carbonyl (C=O) groups is 1. The maximum atomic E-state index is 12.2. The van der Waals surface area contributed by atoms with Crippen LogP contribution >= 0.6 is 0 Å². The lowest BCUT2D eigenvalue weighted by Crippen LogP contribution is -2.38. The van der Waals surface area contributed by atoms with Crippen LogP contribution in [0, 0.1) is 11.8 Å². The topological polar surface area (TPSA) is 46.3 Å². The van der Waals surface area contributed by atoms with E-state index in [1.54, 1.807) is 0 Å². The molecule has 1 aliphatic carbocycles. The molecule has 0 aliphatic heterocycles. The second-order valence-electron chi connectivity index (χ2n) is 5.02. The summed E-state index contributed by atoms with van der Waals surface area (Å²) >= 11 is 0. The summed E-state index contributed by atoms with van der Waals surface area (Å²) in [4.78, 5) is 14.2. The van der Waals surface area contributed by atoms with Gasteiger partial charge in [-0.05, 0) is 51.5 Å². The molecule has 0 atom stereocenters. The molecule has 0 bridgehead atoms. The molecular formula is C13H26N2O. The van der Waals surface area contributed by atoms with Gasteiger partial charge in [-0.3, -0.25) is 4.79 Å². The molecule has 0 spiro atoms. The molecule has 1 amide bonds. The minimum absolute atomic E-state index is 0.286. The average Bonchev–Trinajstić information content (AvgIpc) is 2.30. The third-order valence-electron chi connectivity index (χ3n) is 3.69. The van der Waals surface area contributed by atoms with Gasteiger partial charge in [0.15, 0.2) is 0 Å². The van der Waals surface area contributed by atoms with E-state index in [0.717, 1.165) is 38.3 Å². The Morgan fingerprint density at radius 2 is 1.94 bits per heavy atom. The van der Waals surface area contributed by atoms with Crippen LogP contribution in [0.2, 0.25) is 0 Å². The lowest BCUT2D eigenvalue weighted by Gasteiger charge is -2.30. The summed E-state index contributed by atoms with van der Waals surface area (Å²) in [6.45, 7) is 6.67. The van der Waals surface area contributed by atoms with Gasteiger partial charge in [0.05, 0.1) is 0 Å². The molecular weight excluding hydrogens is 200 g/mol. The first-order valence-electron chi connectivity index (χ1n) is 6.67. The number of carbonyl (C=O) groups excluding carboxylic acids is 1. The van der Waals surface area contributed by atoms with Crippen LogP contribution in [0.25, 0.3) is 0 Å². The molecule has 2 N–H and O–H groups in total. The van der Waals surface area contributed by atoms with Crippen LogP contribution in [0.4, 0.5) is 0 Å². The fourth-order valence-electron chi connectivity index (χ4n) is 2.47. The number of nitrogens with zero attached hydrogens (tertiary/aromatic N) is 1. The minimum atomic E-state index is 0.286. The third kappa shape index (κ3) is 3.78. The fraction of sp³-hybridized carbons (Fsp3) is 0.923. The normalized spacial score (nSPS) is 25.4. The van der Waals surface area contributed by atoms with Gasteiger partial charge in [-0.1, -0.05) is 6.92 Å². The molecule has 1 aliphatic rings. The Labute approximate surface area is 99.4 Å². The lowest BCUT2D eigenvalue weighted by molar-refractivity contribution is -0.136. The monoisotopic (exact) mass is 226 g/mol. The van der Waals surface area contributed by atoms with E-state index in [2.05, 4.69) is 13.8 Å². The van der Waals surface area contributed by atoms with Gasteiger partial charge >= 0.3 is 0 Å². The number of hydrogen-bond acceptors (Lipinski definition) is 2. The second-order valence-corrected chi connectivity index (χ2v) is 5.02. The summed E-state index contributed by atoms with van der Waals surface area (Å²) < 4.78 is 0. The van der Waals surface area contributed by atoms with Gasteiger partial charge in [0, 0.05) is 19.0 Å². The molecule has 3 heteroatoms. The molecule has 0 aromatic heterocycles. The van der Waals surface area contributed by atoms with E-state index >= 15 is 0 Å². The summed E-state index contributed by atoms with van der Waals surface area (Å²) in [5, 5.41) is 0. The quantitative estimate of drug-likeness (QED) is 0.779. The van der Waals surface area contributed by atoms with Crippen molar-refractivity contribution in [2.24, 2.45) is 17.6 Å². The molecule has 3 nitrogen and oxygen atoms in total. The van der Waals surface area contributed by atoms with Gasteiger partial charge in [-0.25, -0.2) is 0 Å². The van der Waals surface area contributed by atoms with Crippen molar-refractivity contribution in [2.45, 2.75) is 46.0 Å². The van der Waals surface area contributed by atoms with Gasteiger partial charge in [0.2, 0.25) is 5.91 Å². The molecule has 0 aromatic carbocycles. The van der Waals surface area contributed by atoms with Crippen molar-refractivity contribution >= 4 is 5.91 Å². The number of rotatable bonds is 5. The van der Waals surface area contributed by atoms with Crippen LogP contribution in [0.15, 0.2) is 0 Å². The SMILES string of the molecule is CCN(CCCN)C(=O)C1CCC(C)CC1. The predicted octanol–water partition coefficient (Wildman–Crippen LogP) is 2.01. The average molecular weight is 226 g/mol.